The maximum absolute atomic E-state index is 5.20. The summed E-state index contributed by atoms with van der Waals surface area (Å²) in [5, 5.41) is 0. The molecule has 1 heterocycles. The van der Waals surface area contributed by atoms with Crippen LogP contribution < -0.4 is 9.47 Å². The maximum atomic E-state index is 5.20. The molecule has 1 aromatic carbocycles. The average molecular weight is 217 g/mol. The normalized spacial score (nSPS) is 10.1. The lowest BCUT2D eigenvalue weighted by Gasteiger charge is -2.07. The monoisotopic (exact) mass is 217 g/mol. The number of imidazole rings is 1. The maximum Gasteiger partial charge on any atom is 0.122 e. The zero-order valence-electron chi connectivity index (χ0n) is 9.28. The predicted molar refractivity (Wildman–Crippen MR) is 59.8 cm³/mol. The van der Waals surface area contributed by atoms with Crippen molar-refractivity contribution in [3.8, 4) is 11.5 Å². The Hall–Kier alpha value is -1.97. The van der Waals surface area contributed by atoms with Gasteiger partial charge in [-0.1, -0.05) is 0 Å². The van der Waals surface area contributed by atoms with Gasteiger partial charge >= 0.3 is 0 Å². The number of rotatable bonds is 4. The number of methoxy groups -OCH3 is 2. The van der Waals surface area contributed by atoms with Crippen molar-refractivity contribution in [2.24, 2.45) is 0 Å². The van der Waals surface area contributed by atoms with Crippen molar-refractivity contribution in [2.45, 2.75) is 6.42 Å². The number of ether oxygens (including phenoxy) is 2. The second-order valence-electron chi connectivity index (χ2n) is 3.37. The van der Waals surface area contributed by atoms with Crippen LogP contribution in [0, 0.1) is 6.20 Å². The molecule has 83 valence electrons. The van der Waals surface area contributed by atoms with Gasteiger partial charge in [-0.05, 0) is 17.7 Å². The Morgan fingerprint density at radius 3 is 2.38 bits per heavy atom. The summed E-state index contributed by atoms with van der Waals surface area (Å²) in [6, 6.07) is 5.77. The summed E-state index contributed by atoms with van der Waals surface area (Å²) < 4.78 is 10.4. The highest BCUT2D eigenvalue weighted by Crippen LogP contribution is 2.23. The Morgan fingerprint density at radius 1 is 1.19 bits per heavy atom. The van der Waals surface area contributed by atoms with E-state index in [1.165, 1.54) is 0 Å². The zero-order chi connectivity index (χ0) is 11.4. The summed E-state index contributed by atoms with van der Waals surface area (Å²) in [6.07, 6.45) is 5.13. The molecule has 0 bridgehead atoms. The molecule has 4 heteroatoms. The van der Waals surface area contributed by atoms with Crippen LogP contribution in [0.3, 0.4) is 0 Å². The Labute approximate surface area is 94.2 Å². The third-order valence-corrected chi connectivity index (χ3v) is 2.29. The molecule has 0 aliphatic rings. The Morgan fingerprint density at radius 2 is 1.88 bits per heavy atom. The Balaban J connectivity index is 2.26. The number of aromatic nitrogens is 2. The first kappa shape index (κ1) is 10.5. The number of benzene rings is 1. The summed E-state index contributed by atoms with van der Waals surface area (Å²) in [4.78, 5) is 7.07. The van der Waals surface area contributed by atoms with E-state index in [1.807, 2.05) is 18.2 Å². The second-order valence-corrected chi connectivity index (χ2v) is 3.37. The molecular weight excluding hydrogens is 204 g/mol. The molecule has 0 saturated heterocycles. The van der Waals surface area contributed by atoms with E-state index in [4.69, 9.17) is 9.47 Å². The van der Waals surface area contributed by atoms with Gasteiger partial charge < -0.3 is 14.5 Å². The van der Waals surface area contributed by atoms with Gasteiger partial charge in [0.05, 0.1) is 14.2 Å². The lowest BCUT2D eigenvalue weighted by Crippen LogP contribution is -1.94. The van der Waals surface area contributed by atoms with E-state index in [0.717, 1.165) is 22.9 Å². The lowest BCUT2D eigenvalue weighted by atomic mass is 10.1. The van der Waals surface area contributed by atoms with Crippen LogP contribution in [-0.2, 0) is 6.42 Å². The van der Waals surface area contributed by atoms with Gasteiger partial charge in [0.15, 0.2) is 0 Å². The van der Waals surface area contributed by atoms with Crippen LogP contribution >= 0.6 is 0 Å². The van der Waals surface area contributed by atoms with E-state index in [0.29, 0.717) is 6.42 Å². The lowest BCUT2D eigenvalue weighted by molar-refractivity contribution is 0.393. The molecule has 0 aliphatic heterocycles. The number of H-pyrrole nitrogens is 1. The minimum atomic E-state index is 0.705. The van der Waals surface area contributed by atoms with Crippen molar-refractivity contribution in [3.05, 3.63) is 42.0 Å². The van der Waals surface area contributed by atoms with Crippen LogP contribution in [0.2, 0.25) is 0 Å². The van der Waals surface area contributed by atoms with Gasteiger partial charge in [-0.3, -0.25) is 0 Å². The SMILES string of the molecule is COc1cc(Cc2n[c]c[nH]2)cc(OC)c1. The highest BCUT2D eigenvalue weighted by molar-refractivity contribution is 5.39. The fourth-order valence-corrected chi connectivity index (χ4v) is 1.51. The molecule has 0 fully saturated rings. The number of hydrogen-bond acceptors (Lipinski definition) is 3. The molecule has 2 aromatic rings. The van der Waals surface area contributed by atoms with Crippen LogP contribution in [-0.4, -0.2) is 24.2 Å². The zero-order valence-corrected chi connectivity index (χ0v) is 9.28. The van der Waals surface area contributed by atoms with Crippen molar-refractivity contribution in [1.82, 2.24) is 9.97 Å². The molecule has 0 spiro atoms. The van der Waals surface area contributed by atoms with Crippen molar-refractivity contribution in [3.63, 3.8) is 0 Å². The Kier molecular flexibility index (Phi) is 3.10. The van der Waals surface area contributed by atoms with Crippen LogP contribution in [0.1, 0.15) is 11.4 Å². The average Bonchev–Trinajstić information content (AvgIpc) is 2.81. The smallest absolute Gasteiger partial charge is 0.122 e. The van der Waals surface area contributed by atoms with Gasteiger partial charge in [0, 0.05) is 18.7 Å². The van der Waals surface area contributed by atoms with Crippen LogP contribution in [0.25, 0.3) is 0 Å². The summed E-state index contributed by atoms with van der Waals surface area (Å²) >= 11 is 0. The third-order valence-electron chi connectivity index (χ3n) is 2.29. The number of nitrogens with one attached hydrogen (secondary N) is 1. The number of hydrogen-bond donors (Lipinski definition) is 1. The summed E-state index contributed by atoms with van der Waals surface area (Å²) in [5.74, 6) is 2.44. The Bertz CT molecular complexity index is 430. The molecule has 1 N–H and O–H groups in total. The van der Waals surface area contributed by atoms with E-state index >= 15 is 0 Å². The van der Waals surface area contributed by atoms with Crippen molar-refractivity contribution < 1.29 is 9.47 Å². The number of nitrogens with zero attached hydrogens (tertiary/aromatic N) is 1. The topological polar surface area (TPSA) is 47.1 Å². The van der Waals surface area contributed by atoms with Crippen molar-refractivity contribution >= 4 is 0 Å². The molecule has 0 atom stereocenters. The molecule has 1 aromatic heterocycles. The largest absolute Gasteiger partial charge is 0.497 e. The van der Waals surface area contributed by atoms with E-state index in [2.05, 4.69) is 16.2 Å². The first-order valence-electron chi connectivity index (χ1n) is 4.94. The highest BCUT2D eigenvalue weighted by Gasteiger charge is 2.04. The molecule has 0 unspecified atom stereocenters. The van der Waals surface area contributed by atoms with E-state index < -0.39 is 0 Å². The fourth-order valence-electron chi connectivity index (χ4n) is 1.51. The van der Waals surface area contributed by atoms with Crippen LogP contribution in [0.15, 0.2) is 24.4 Å². The van der Waals surface area contributed by atoms with E-state index in [-0.39, 0.29) is 0 Å². The van der Waals surface area contributed by atoms with E-state index in [1.54, 1.807) is 20.4 Å². The first-order chi connectivity index (χ1) is 7.81. The molecule has 2 rings (SSSR count). The van der Waals surface area contributed by atoms with Gasteiger partial charge in [0.25, 0.3) is 0 Å². The standard InChI is InChI=1S/C12H13N2O2/c1-15-10-5-9(6-11(8-10)16-2)7-12-13-3-4-14-12/h3,5-6,8H,7H2,1-2H3,(H,13,14). The van der Waals surface area contributed by atoms with E-state index in [9.17, 15) is 0 Å². The van der Waals surface area contributed by atoms with Crippen molar-refractivity contribution in [2.75, 3.05) is 14.2 Å². The van der Waals surface area contributed by atoms with Gasteiger partial charge in [0.2, 0.25) is 0 Å². The van der Waals surface area contributed by atoms with Crippen LogP contribution in [0.4, 0.5) is 0 Å². The molecule has 0 aliphatic carbocycles. The van der Waals surface area contributed by atoms with Gasteiger partial charge in [-0.15, -0.1) is 0 Å². The van der Waals surface area contributed by atoms with Gasteiger partial charge in [-0.2, -0.15) is 0 Å². The van der Waals surface area contributed by atoms with Gasteiger partial charge in [-0.25, -0.2) is 4.98 Å². The highest BCUT2D eigenvalue weighted by atomic mass is 16.5. The van der Waals surface area contributed by atoms with Crippen molar-refractivity contribution in [1.29, 1.82) is 0 Å². The quantitative estimate of drug-likeness (QED) is 0.849. The first-order valence-corrected chi connectivity index (χ1v) is 4.94. The molecule has 16 heavy (non-hydrogen) atoms. The molecular formula is C12H13N2O2. The fraction of sp³-hybridized carbons (Fsp3) is 0.250. The number of aromatic amines is 1. The second kappa shape index (κ2) is 4.70. The summed E-state index contributed by atoms with van der Waals surface area (Å²) in [6.45, 7) is 0. The minimum Gasteiger partial charge on any atom is -0.497 e. The summed E-state index contributed by atoms with van der Waals surface area (Å²) in [5.41, 5.74) is 1.08. The van der Waals surface area contributed by atoms with Gasteiger partial charge in [0.1, 0.15) is 23.5 Å². The predicted octanol–water partition coefficient (Wildman–Crippen LogP) is 1.82. The third kappa shape index (κ3) is 2.34. The molecule has 4 nitrogen and oxygen atoms in total. The minimum absolute atomic E-state index is 0.705. The molecule has 0 saturated carbocycles. The molecule has 1 radical (unpaired) electrons. The summed E-state index contributed by atoms with van der Waals surface area (Å²) in [7, 11) is 3.28. The van der Waals surface area contributed by atoms with Crippen LogP contribution in [0.5, 0.6) is 11.5 Å². The molecule has 0 amide bonds.